The van der Waals surface area contributed by atoms with Crippen LogP contribution >= 0.6 is 0 Å². The Morgan fingerprint density at radius 2 is 1.85 bits per heavy atom. The second-order valence-corrected chi connectivity index (χ2v) is 4.11. The summed E-state index contributed by atoms with van der Waals surface area (Å²) in [6.07, 6.45) is -4.97. The largest absolute Gasteiger partial charge is 0.433 e. The van der Waals surface area contributed by atoms with E-state index in [0.717, 1.165) is 4.68 Å². The number of halogens is 3. The summed E-state index contributed by atoms with van der Waals surface area (Å²) in [6, 6.07) is 7.77. The molecule has 20 heavy (non-hydrogen) atoms. The molecule has 0 amide bonds. The van der Waals surface area contributed by atoms with Crippen molar-refractivity contribution in [2.75, 3.05) is 0 Å². The highest BCUT2D eigenvalue weighted by Crippen LogP contribution is 2.30. The third kappa shape index (κ3) is 2.38. The van der Waals surface area contributed by atoms with Crippen LogP contribution in [0.4, 0.5) is 13.2 Å². The van der Waals surface area contributed by atoms with Crippen molar-refractivity contribution in [3.8, 4) is 5.69 Å². The SMILES string of the molecule is CCC(=O)c1c(C(F)(F)F)[nH]n(-c2ccccc2)c1=O. The van der Waals surface area contributed by atoms with Crippen LogP contribution in [0.2, 0.25) is 0 Å². The number of Topliss-reactive ketones (excluding diaryl/α,β-unsaturated/α-hetero) is 1. The zero-order valence-corrected chi connectivity index (χ0v) is 10.5. The number of hydrogen-bond donors (Lipinski definition) is 1. The van der Waals surface area contributed by atoms with Crippen molar-refractivity contribution in [2.45, 2.75) is 19.5 Å². The van der Waals surface area contributed by atoms with Gasteiger partial charge in [-0.2, -0.15) is 13.2 Å². The van der Waals surface area contributed by atoms with Crippen molar-refractivity contribution < 1.29 is 18.0 Å². The van der Waals surface area contributed by atoms with Gasteiger partial charge in [0.1, 0.15) is 5.56 Å². The van der Waals surface area contributed by atoms with Gasteiger partial charge in [0.2, 0.25) is 0 Å². The lowest BCUT2D eigenvalue weighted by atomic mass is 10.1. The van der Waals surface area contributed by atoms with E-state index in [9.17, 15) is 22.8 Å². The fraction of sp³-hybridized carbons (Fsp3) is 0.231. The number of rotatable bonds is 3. The maximum absolute atomic E-state index is 12.9. The first kappa shape index (κ1) is 14.1. The summed E-state index contributed by atoms with van der Waals surface area (Å²) in [6.45, 7) is 1.40. The van der Waals surface area contributed by atoms with Gasteiger partial charge in [-0.05, 0) is 12.1 Å². The number of carbonyl (C=O) groups excluding carboxylic acids is 1. The first-order chi connectivity index (χ1) is 9.36. The topological polar surface area (TPSA) is 54.9 Å². The van der Waals surface area contributed by atoms with Gasteiger partial charge in [0.25, 0.3) is 5.56 Å². The molecule has 0 bridgehead atoms. The lowest BCUT2D eigenvalue weighted by Crippen LogP contribution is -2.21. The summed E-state index contributed by atoms with van der Waals surface area (Å²) in [5, 5.41) is 1.98. The van der Waals surface area contributed by atoms with E-state index >= 15 is 0 Å². The van der Waals surface area contributed by atoms with Crippen LogP contribution in [-0.2, 0) is 6.18 Å². The highest BCUT2D eigenvalue weighted by Gasteiger charge is 2.39. The van der Waals surface area contributed by atoms with Crippen molar-refractivity contribution >= 4 is 5.78 Å². The van der Waals surface area contributed by atoms with E-state index in [4.69, 9.17) is 0 Å². The molecule has 2 rings (SSSR count). The number of aromatic amines is 1. The summed E-state index contributed by atoms with van der Waals surface area (Å²) in [5.74, 6) is -0.840. The second kappa shape index (κ2) is 4.99. The van der Waals surface area contributed by atoms with E-state index < -0.39 is 28.8 Å². The van der Waals surface area contributed by atoms with Gasteiger partial charge in [-0.1, -0.05) is 25.1 Å². The zero-order chi connectivity index (χ0) is 14.9. The number of nitrogens with zero attached hydrogens (tertiary/aromatic N) is 1. The molecule has 0 radical (unpaired) electrons. The average molecular weight is 284 g/mol. The van der Waals surface area contributed by atoms with Gasteiger partial charge in [0.15, 0.2) is 11.5 Å². The number of carbonyl (C=O) groups is 1. The minimum absolute atomic E-state index is 0.176. The van der Waals surface area contributed by atoms with Crippen LogP contribution in [0.15, 0.2) is 35.1 Å². The van der Waals surface area contributed by atoms with Crippen LogP contribution in [0, 0.1) is 0 Å². The fourth-order valence-corrected chi connectivity index (χ4v) is 1.84. The van der Waals surface area contributed by atoms with E-state index in [1.807, 2.05) is 5.10 Å². The van der Waals surface area contributed by atoms with Gasteiger partial charge in [-0.25, -0.2) is 4.68 Å². The van der Waals surface area contributed by atoms with Crippen molar-refractivity contribution in [1.29, 1.82) is 0 Å². The zero-order valence-electron chi connectivity index (χ0n) is 10.5. The molecule has 106 valence electrons. The number of H-pyrrole nitrogens is 1. The summed E-state index contributed by atoms with van der Waals surface area (Å²) < 4.78 is 39.5. The Labute approximate surface area is 111 Å². The van der Waals surface area contributed by atoms with Crippen molar-refractivity contribution in [3.63, 3.8) is 0 Å². The van der Waals surface area contributed by atoms with Crippen LogP contribution in [0.3, 0.4) is 0 Å². The number of aromatic nitrogens is 2. The molecular formula is C13H11F3N2O2. The Hall–Kier alpha value is -2.31. The molecule has 0 spiro atoms. The lowest BCUT2D eigenvalue weighted by Gasteiger charge is -2.05. The van der Waals surface area contributed by atoms with Crippen LogP contribution in [0.5, 0.6) is 0 Å². The minimum atomic E-state index is -4.79. The van der Waals surface area contributed by atoms with Crippen molar-refractivity contribution in [3.05, 3.63) is 51.9 Å². The highest BCUT2D eigenvalue weighted by molar-refractivity contribution is 5.96. The summed E-state index contributed by atoms with van der Waals surface area (Å²) in [5.41, 5.74) is -2.91. The summed E-state index contributed by atoms with van der Waals surface area (Å²) in [4.78, 5) is 23.7. The Morgan fingerprint density at radius 3 is 2.35 bits per heavy atom. The summed E-state index contributed by atoms with van der Waals surface area (Å²) >= 11 is 0. The van der Waals surface area contributed by atoms with Crippen LogP contribution < -0.4 is 5.56 Å². The molecule has 0 aliphatic heterocycles. The molecule has 0 unspecified atom stereocenters. The molecular weight excluding hydrogens is 273 g/mol. The lowest BCUT2D eigenvalue weighted by molar-refractivity contribution is -0.141. The quantitative estimate of drug-likeness (QED) is 0.881. The van der Waals surface area contributed by atoms with Crippen molar-refractivity contribution in [1.82, 2.24) is 9.78 Å². The van der Waals surface area contributed by atoms with Crippen LogP contribution in [-0.4, -0.2) is 15.6 Å². The predicted octanol–water partition coefficient (Wildman–Crippen LogP) is 2.78. The Kier molecular flexibility index (Phi) is 3.52. The maximum atomic E-state index is 12.9. The average Bonchev–Trinajstić information content (AvgIpc) is 2.76. The van der Waals surface area contributed by atoms with E-state index in [1.165, 1.54) is 19.1 Å². The molecule has 1 aromatic heterocycles. The minimum Gasteiger partial charge on any atom is -0.294 e. The normalized spacial score (nSPS) is 11.6. The molecule has 1 aromatic carbocycles. The van der Waals surface area contributed by atoms with Crippen molar-refractivity contribution in [2.24, 2.45) is 0 Å². The maximum Gasteiger partial charge on any atom is 0.433 e. The standard InChI is InChI=1S/C13H11F3N2O2/c1-2-9(19)10-11(13(14,15)16)17-18(12(10)20)8-6-4-3-5-7-8/h3-7,17H,2H2,1H3. The Bertz CT molecular complexity index is 684. The van der Waals surface area contributed by atoms with E-state index in [2.05, 4.69) is 0 Å². The van der Waals surface area contributed by atoms with Crippen LogP contribution in [0.25, 0.3) is 5.69 Å². The molecule has 0 saturated heterocycles. The van der Waals surface area contributed by atoms with Crippen LogP contribution in [0.1, 0.15) is 29.4 Å². The number of para-hydroxylation sites is 1. The predicted molar refractivity (Wildman–Crippen MR) is 66.0 cm³/mol. The number of nitrogens with one attached hydrogen (secondary N) is 1. The third-order valence-electron chi connectivity index (χ3n) is 2.79. The number of benzene rings is 1. The molecule has 0 aliphatic carbocycles. The molecule has 4 nitrogen and oxygen atoms in total. The van der Waals surface area contributed by atoms with Gasteiger partial charge >= 0.3 is 6.18 Å². The van der Waals surface area contributed by atoms with Gasteiger partial charge in [0, 0.05) is 6.42 Å². The van der Waals surface area contributed by atoms with E-state index in [-0.39, 0.29) is 12.1 Å². The molecule has 0 atom stereocenters. The first-order valence-electron chi connectivity index (χ1n) is 5.87. The fourth-order valence-electron chi connectivity index (χ4n) is 1.84. The molecule has 1 N–H and O–H groups in total. The highest BCUT2D eigenvalue weighted by atomic mass is 19.4. The number of hydrogen-bond acceptors (Lipinski definition) is 2. The first-order valence-corrected chi connectivity index (χ1v) is 5.87. The van der Waals surface area contributed by atoms with Gasteiger partial charge in [-0.3, -0.25) is 14.7 Å². The molecule has 1 heterocycles. The monoisotopic (exact) mass is 284 g/mol. The molecule has 0 saturated carbocycles. The van der Waals surface area contributed by atoms with Gasteiger partial charge < -0.3 is 0 Å². The second-order valence-electron chi connectivity index (χ2n) is 4.11. The Morgan fingerprint density at radius 1 is 1.25 bits per heavy atom. The molecule has 7 heteroatoms. The van der Waals surface area contributed by atoms with E-state index in [1.54, 1.807) is 18.2 Å². The summed E-state index contributed by atoms with van der Waals surface area (Å²) in [7, 11) is 0. The van der Waals surface area contributed by atoms with E-state index in [0.29, 0.717) is 0 Å². The van der Waals surface area contributed by atoms with Gasteiger partial charge in [-0.15, -0.1) is 0 Å². The molecule has 0 aliphatic rings. The third-order valence-corrected chi connectivity index (χ3v) is 2.79. The molecule has 2 aromatic rings. The molecule has 0 fully saturated rings. The number of ketones is 1. The number of alkyl halides is 3. The van der Waals surface area contributed by atoms with Gasteiger partial charge in [0.05, 0.1) is 5.69 Å². The smallest absolute Gasteiger partial charge is 0.294 e. The Balaban J connectivity index is 2.72.